The molecule has 0 aliphatic rings. The van der Waals surface area contributed by atoms with Crippen LogP contribution in [0.2, 0.25) is 0 Å². The van der Waals surface area contributed by atoms with E-state index in [9.17, 15) is 9.18 Å². The number of carbonyl (C=O) groups is 1. The summed E-state index contributed by atoms with van der Waals surface area (Å²) in [6, 6.07) is 4.02. The summed E-state index contributed by atoms with van der Waals surface area (Å²) in [5, 5.41) is 0. The largest absolute Gasteiger partial charge is 0.328 e. The molecule has 1 aromatic heterocycles. The van der Waals surface area contributed by atoms with Crippen LogP contribution in [0, 0.1) is 5.82 Å². The normalized spacial score (nSPS) is 10.5. The van der Waals surface area contributed by atoms with Gasteiger partial charge < -0.3 is 4.57 Å². The number of imidazole rings is 1. The average molecular weight is 297 g/mol. The van der Waals surface area contributed by atoms with Crippen molar-refractivity contribution in [2.45, 2.75) is 13.5 Å². The molecule has 0 N–H and O–H groups in total. The minimum atomic E-state index is -0.439. The maximum Gasteiger partial charge on any atom is 0.229 e. The van der Waals surface area contributed by atoms with Crippen LogP contribution in [0.3, 0.4) is 0 Å². The highest BCUT2D eigenvalue weighted by molar-refractivity contribution is 9.10. The van der Waals surface area contributed by atoms with E-state index in [-0.39, 0.29) is 11.3 Å². The van der Waals surface area contributed by atoms with Crippen LogP contribution >= 0.6 is 15.9 Å². The highest BCUT2D eigenvalue weighted by Gasteiger charge is 2.17. The zero-order chi connectivity index (χ0) is 12.4. The van der Waals surface area contributed by atoms with E-state index in [1.54, 1.807) is 17.0 Å². The lowest BCUT2D eigenvalue weighted by Crippen LogP contribution is -2.11. The molecule has 2 aromatic rings. The second-order valence-electron chi connectivity index (χ2n) is 3.49. The number of aryl methyl sites for hydroxylation is 1. The molecule has 0 radical (unpaired) electrons. The van der Waals surface area contributed by atoms with E-state index in [4.69, 9.17) is 0 Å². The topological polar surface area (TPSA) is 34.9 Å². The van der Waals surface area contributed by atoms with E-state index < -0.39 is 5.82 Å². The van der Waals surface area contributed by atoms with Gasteiger partial charge in [0.05, 0.1) is 0 Å². The molecule has 0 unspecified atom stereocenters. The molecule has 0 aliphatic carbocycles. The monoisotopic (exact) mass is 296 g/mol. The average Bonchev–Trinajstić information content (AvgIpc) is 2.79. The second-order valence-corrected chi connectivity index (χ2v) is 4.34. The molecule has 0 fully saturated rings. The Bertz CT molecular complexity index is 565. The summed E-state index contributed by atoms with van der Waals surface area (Å²) in [4.78, 5) is 16.2. The molecule has 0 saturated carbocycles. The van der Waals surface area contributed by atoms with Crippen LogP contribution in [0.4, 0.5) is 4.39 Å². The van der Waals surface area contributed by atoms with Crippen molar-refractivity contribution in [1.82, 2.24) is 9.55 Å². The lowest BCUT2D eigenvalue weighted by molar-refractivity contribution is 0.102. The van der Waals surface area contributed by atoms with Gasteiger partial charge in [0.15, 0.2) is 5.82 Å². The number of carbonyl (C=O) groups excluding carboxylic acids is 1. The number of ketones is 1. The molecule has 0 aliphatic heterocycles. The van der Waals surface area contributed by atoms with Crippen LogP contribution in [0.1, 0.15) is 23.1 Å². The number of hydrogen-bond donors (Lipinski definition) is 0. The second kappa shape index (κ2) is 4.79. The standard InChI is InChI=1S/C12H10BrFN2O/c1-2-16-6-5-15-12(16)11(17)9-7-8(14)3-4-10(9)13/h3-7H,2H2,1H3. The van der Waals surface area contributed by atoms with Crippen LogP contribution in [0.5, 0.6) is 0 Å². The number of rotatable bonds is 3. The van der Waals surface area contributed by atoms with Gasteiger partial charge in [0.25, 0.3) is 0 Å². The summed E-state index contributed by atoms with van der Waals surface area (Å²) in [7, 11) is 0. The Labute approximate surface area is 106 Å². The fraction of sp³-hybridized carbons (Fsp3) is 0.167. The predicted molar refractivity (Wildman–Crippen MR) is 65.4 cm³/mol. The molecule has 1 heterocycles. The zero-order valence-corrected chi connectivity index (χ0v) is 10.7. The molecule has 0 bridgehead atoms. The molecule has 2 rings (SSSR count). The third-order valence-corrected chi connectivity index (χ3v) is 3.12. The number of benzene rings is 1. The highest BCUT2D eigenvalue weighted by atomic mass is 79.9. The maximum absolute atomic E-state index is 13.1. The molecule has 0 saturated heterocycles. The van der Waals surface area contributed by atoms with Crippen molar-refractivity contribution in [2.75, 3.05) is 0 Å². The SMILES string of the molecule is CCn1ccnc1C(=O)c1cc(F)ccc1Br. The molecule has 0 amide bonds. The van der Waals surface area contributed by atoms with Crippen molar-refractivity contribution in [3.63, 3.8) is 0 Å². The summed E-state index contributed by atoms with van der Waals surface area (Å²) in [6.07, 6.45) is 3.28. The zero-order valence-electron chi connectivity index (χ0n) is 9.15. The van der Waals surface area contributed by atoms with E-state index in [1.807, 2.05) is 6.92 Å². The first-order valence-electron chi connectivity index (χ1n) is 5.14. The minimum absolute atomic E-state index is 0.283. The first-order valence-corrected chi connectivity index (χ1v) is 5.93. The van der Waals surface area contributed by atoms with Crippen molar-refractivity contribution in [2.24, 2.45) is 0 Å². The summed E-state index contributed by atoms with van der Waals surface area (Å²) >= 11 is 3.24. The lowest BCUT2D eigenvalue weighted by atomic mass is 10.1. The van der Waals surface area contributed by atoms with Crippen LogP contribution < -0.4 is 0 Å². The first-order chi connectivity index (χ1) is 8.13. The summed E-state index contributed by atoms with van der Waals surface area (Å²) in [6.45, 7) is 2.56. The molecule has 17 heavy (non-hydrogen) atoms. The van der Waals surface area contributed by atoms with E-state index in [1.165, 1.54) is 18.2 Å². The van der Waals surface area contributed by atoms with Crippen molar-refractivity contribution in [3.05, 3.63) is 52.3 Å². The Kier molecular flexibility index (Phi) is 3.38. The van der Waals surface area contributed by atoms with Gasteiger partial charge in [-0.15, -0.1) is 0 Å². The fourth-order valence-corrected chi connectivity index (χ4v) is 1.99. The van der Waals surface area contributed by atoms with E-state index in [0.717, 1.165) is 0 Å². The molecule has 0 spiro atoms. The molecular formula is C12H10BrFN2O. The van der Waals surface area contributed by atoms with Crippen LogP contribution in [-0.4, -0.2) is 15.3 Å². The van der Waals surface area contributed by atoms with Crippen molar-refractivity contribution < 1.29 is 9.18 Å². The van der Waals surface area contributed by atoms with E-state index in [2.05, 4.69) is 20.9 Å². The van der Waals surface area contributed by atoms with Gasteiger partial charge in [0.1, 0.15) is 5.82 Å². The Morgan fingerprint density at radius 2 is 2.29 bits per heavy atom. The smallest absolute Gasteiger partial charge is 0.229 e. The predicted octanol–water partition coefficient (Wildman–Crippen LogP) is 3.04. The van der Waals surface area contributed by atoms with E-state index >= 15 is 0 Å². The van der Waals surface area contributed by atoms with Crippen LogP contribution in [0.15, 0.2) is 35.1 Å². The molecular weight excluding hydrogens is 287 g/mol. The fourth-order valence-electron chi connectivity index (χ4n) is 1.57. The Morgan fingerprint density at radius 3 is 3.00 bits per heavy atom. The Morgan fingerprint density at radius 1 is 1.53 bits per heavy atom. The van der Waals surface area contributed by atoms with Crippen LogP contribution in [0.25, 0.3) is 0 Å². The Balaban J connectivity index is 2.47. The molecule has 3 nitrogen and oxygen atoms in total. The van der Waals surface area contributed by atoms with Gasteiger partial charge in [-0.05, 0) is 25.1 Å². The summed E-state index contributed by atoms with van der Waals surface area (Å²) in [5.41, 5.74) is 0.283. The number of hydrogen-bond acceptors (Lipinski definition) is 2. The quantitative estimate of drug-likeness (QED) is 0.816. The minimum Gasteiger partial charge on any atom is -0.328 e. The summed E-state index contributed by atoms with van der Waals surface area (Å²) < 4.78 is 15.4. The van der Waals surface area contributed by atoms with Crippen molar-refractivity contribution in [1.29, 1.82) is 0 Å². The first kappa shape index (κ1) is 12.0. The van der Waals surface area contributed by atoms with Gasteiger partial charge in [-0.3, -0.25) is 4.79 Å². The highest BCUT2D eigenvalue weighted by Crippen LogP contribution is 2.20. The molecule has 1 aromatic carbocycles. The van der Waals surface area contributed by atoms with Gasteiger partial charge >= 0.3 is 0 Å². The molecule has 0 atom stereocenters. The van der Waals surface area contributed by atoms with Crippen LogP contribution in [-0.2, 0) is 6.54 Å². The van der Waals surface area contributed by atoms with Gasteiger partial charge in [-0.1, -0.05) is 15.9 Å². The van der Waals surface area contributed by atoms with Gasteiger partial charge in [-0.25, -0.2) is 9.37 Å². The van der Waals surface area contributed by atoms with Gasteiger partial charge in [-0.2, -0.15) is 0 Å². The Hall–Kier alpha value is -1.49. The van der Waals surface area contributed by atoms with Crippen molar-refractivity contribution in [3.8, 4) is 0 Å². The third-order valence-electron chi connectivity index (χ3n) is 2.43. The maximum atomic E-state index is 13.1. The summed E-state index contributed by atoms with van der Waals surface area (Å²) in [5.74, 6) is -0.409. The third kappa shape index (κ3) is 2.29. The van der Waals surface area contributed by atoms with Gasteiger partial charge in [0.2, 0.25) is 5.78 Å². The molecule has 5 heteroatoms. The molecule has 88 valence electrons. The van der Waals surface area contributed by atoms with Crippen molar-refractivity contribution >= 4 is 21.7 Å². The lowest BCUT2D eigenvalue weighted by Gasteiger charge is -2.05. The number of halogens is 2. The number of nitrogens with zero attached hydrogens (tertiary/aromatic N) is 2. The van der Waals surface area contributed by atoms with Gasteiger partial charge in [0, 0.05) is 29.0 Å². The van der Waals surface area contributed by atoms with E-state index in [0.29, 0.717) is 16.8 Å². The number of aromatic nitrogens is 2.